The fraction of sp³-hybridized carbons (Fsp3) is 0.500. The average Bonchev–Trinajstić information content (AvgIpc) is 2.53. The van der Waals surface area contributed by atoms with Gasteiger partial charge in [-0.2, -0.15) is 0 Å². The molecule has 1 aliphatic heterocycles. The normalized spacial score (nSPS) is 33.6. The lowest BCUT2D eigenvalue weighted by molar-refractivity contribution is -0.0468. The fourth-order valence-electron chi connectivity index (χ4n) is 2.60. The maximum absolute atomic E-state index is 5.99. The van der Waals surface area contributed by atoms with Crippen molar-refractivity contribution in [2.75, 3.05) is 6.54 Å². The van der Waals surface area contributed by atoms with E-state index in [0.29, 0.717) is 18.2 Å². The molecule has 1 aromatic rings. The molecule has 1 aromatic carbocycles. The van der Waals surface area contributed by atoms with E-state index in [0.717, 1.165) is 18.0 Å². The van der Waals surface area contributed by atoms with E-state index in [4.69, 9.17) is 16.3 Å². The summed E-state index contributed by atoms with van der Waals surface area (Å²) >= 11 is 5.99. The number of rotatable bonds is 0. The summed E-state index contributed by atoms with van der Waals surface area (Å²) in [5, 5.41) is 4.36. The zero-order valence-corrected chi connectivity index (χ0v) is 9.42. The van der Waals surface area contributed by atoms with Crippen LogP contribution in [-0.2, 0) is 11.2 Å². The molecule has 3 atom stereocenters. The first-order valence-corrected chi connectivity index (χ1v) is 5.79. The van der Waals surface area contributed by atoms with Crippen LogP contribution in [-0.4, -0.2) is 18.8 Å². The summed E-state index contributed by atoms with van der Waals surface area (Å²) in [5.74, 6) is 0. The molecule has 2 nitrogen and oxygen atoms in total. The van der Waals surface area contributed by atoms with E-state index < -0.39 is 0 Å². The van der Waals surface area contributed by atoms with E-state index >= 15 is 0 Å². The predicted octanol–water partition coefficient (Wildman–Crippen LogP) is 2.31. The summed E-state index contributed by atoms with van der Waals surface area (Å²) in [5.41, 5.74) is 2.69. The summed E-state index contributed by atoms with van der Waals surface area (Å²) in [4.78, 5) is 0. The monoisotopic (exact) mass is 223 g/mol. The minimum absolute atomic E-state index is 0.294. The van der Waals surface area contributed by atoms with Gasteiger partial charge in [0.15, 0.2) is 0 Å². The van der Waals surface area contributed by atoms with Crippen LogP contribution in [0, 0.1) is 0 Å². The summed E-state index contributed by atoms with van der Waals surface area (Å²) in [6.07, 6.45) is 1.59. The van der Waals surface area contributed by atoms with Crippen LogP contribution in [0.3, 0.4) is 0 Å². The van der Waals surface area contributed by atoms with Crippen molar-refractivity contribution in [3.8, 4) is 0 Å². The maximum Gasteiger partial charge on any atom is 0.0814 e. The van der Waals surface area contributed by atoms with Crippen LogP contribution >= 0.6 is 11.6 Å². The smallest absolute Gasteiger partial charge is 0.0814 e. The molecule has 0 spiro atoms. The van der Waals surface area contributed by atoms with Crippen LogP contribution in [0.2, 0.25) is 5.02 Å². The summed E-state index contributed by atoms with van der Waals surface area (Å²) in [6.45, 7) is 3.04. The lowest BCUT2D eigenvalue weighted by Crippen LogP contribution is -2.44. The molecule has 3 rings (SSSR count). The van der Waals surface area contributed by atoms with Gasteiger partial charge in [-0.15, -0.1) is 0 Å². The van der Waals surface area contributed by atoms with Crippen molar-refractivity contribution in [2.45, 2.75) is 31.6 Å². The predicted molar refractivity (Wildman–Crippen MR) is 60.2 cm³/mol. The zero-order valence-electron chi connectivity index (χ0n) is 8.66. The Morgan fingerprint density at radius 2 is 2.33 bits per heavy atom. The molecule has 1 heterocycles. The van der Waals surface area contributed by atoms with E-state index in [2.05, 4.69) is 24.4 Å². The maximum atomic E-state index is 5.99. The third kappa shape index (κ3) is 1.57. The molecule has 0 aromatic heterocycles. The second-order valence-corrected chi connectivity index (χ2v) is 4.85. The molecule has 80 valence electrons. The van der Waals surface area contributed by atoms with Gasteiger partial charge in [0.05, 0.1) is 18.2 Å². The molecule has 1 N–H and O–H groups in total. The van der Waals surface area contributed by atoms with Gasteiger partial charge in [0.25, 0.3) is 0 Å². The topological polar surface area (TPSA) is 21.3 Å². The molecular weight excluding hydrogens is 210 g/mol. The number of hydrogen-bond acceptors (Lipinski definition) is 2. The Hall–Kier alpha value is -0.570. The quantitative estimate of drug-likeness (QED) is 0.729. The van der Waals surface area contributed by atoms with Crippen molar-refractivity contribution < 1.29 is 4.74 Å². The highest BCUT2D eigenvalue weighted by Crippen LogP contribution is 2.37. The molecule has 0 bridgehead atoms. The molecule has 3 heteroatoms. The molecule has 3 unspecified atom stereocenters. The van der Waals surface area contributed by atoms with Gasteiger partial charge in [-0.05, 0) is 30.2 Å². The Morgan fingerprint density at radius 3 is 3.20 bits per heavy atom. The fourth-order valence-corrected chi connectivity index (χ4v) is 2.79. The summed E-state index contributed by atoms with van der Waals surface area (Å²) in [6, 6.07) is 6.51. The highest BCUT2D eigenvalue weighted by Gasteiger charge is 2.36. The first-order chi connectivity index (χ1) is 7.24. The summed E-state index contributed by atoms with van der Waals surface area (Å²) < 4.78 is 5.93. The summed E-state index contributed by atoms with van der Waals surface area (Å²) in [7, 11) is 0. The number of benzene rings is 1. The molecular formula is C12H14ClNO. The SMILES string of the molecule is CC1CNC2c3ccc(Cl)cc3CC2O1. The van der Waals surface area contributed by atoms with Crippen LogP contribution in [0.4, 0.5) is 0 Å². The number of halogens is 1. The van der Waals surface area contributed by atoms with Gasteiger partial charge in [-0.1, -0.05) is 17.7 Å². The van der Waals surface area contributed by atoms with Crippen molar-refractivity contribution >= 4 is 11.6 Å². The molecule has 1 saturated heterocycles. The number of morpholine rings is 1. The highest BCUT2D eigenvalue weighted by atomic mass is 35.5. The Bertz CT molecular complexity index is 393. The van der Waals surface area contributed by atoms with Gasteiger partial charge in [0.2, 0.25) is 0 Å². The second-order valence-electron chi connectivity index (χ2n) is 4.42. The Morgan fingerprint density at radius 1 is 1.47 bits per heavy atom. The van der Waals surface area contributed by atoms with Crippen molar-refractivity contribution in [2.24, 2.45) is 0 Å². The first kappa shape index (κ1) is 9.64. The van der Waals surface area contributed by atoms with Crippen LogP contribution in [0.25, 0.3) is 0 Å². The van der Waals surface area contributed by atoms with Crippen molar-refractivity contribution in [1.29, 1.82) is 0 Å². The lowest BCUT2D eigenvalue weighted by Gasteiger charge is -2.32. The van der Waals surface area contributed by atoms with E-state index in [1.807, 2.05) is 6.07 Å². The van der Waals surface area contributed by atoms with Crippen LogP contribution in [0.1, 0.15) is 24.1 Å². The number of nitrogens with one attached hydrogen (secondary N) is 1. The number of hydrogen-bond donors (Lipinski definition) is 1. The Kier molecular flexibility index (Phi) is 2.23. The molecule has 15 heavy (non-hydrogen) atoms. The van der Waals surface area contributed by atoms with Crippen LogP contribution in [0.15, 0.2) is 18.2 Å². The molecule has 0 amide bonds. The van der Waals surface area contributed by atoms with Gasteiger partial charge in [-0.3, -0.25) is 0 Å². The highest BCUT2D eigenvalue weighted by molar-refractivity contribution is 6.30. The van der Waals surface area contributed by atoms with Crippen LogP contribution in [0.5, 0.6) is 0 Å². The molecule has 1 aliphatic carbocycles. The van der Waals surface area contributed by atoms with E-state index in [-0.39, 0.29) is 0 Å². The van der Waals surface area contributed by atoms with Crippen molar-refractivity contribution in [3.05, 3.63) is 34.3 Å². The van der Waals surface area contributed by atoms with Crippen molar-refractivity contribution in [3.63, 3.8) is 0 Å². The van der Waals surface area contributed by atoms with Gasteiger partial charge in [-0.25, -0.2) is 0 Å². The largest absolute Gasteiger partial charge is 0.372 e. The van der Waals surface area contributed by atoms with E-state index in [9.17, 15) is 0 Å². The van der Waals surface area contributed by atoms with E-state index in [1.54, 1.807) is 0 Å². The Labute approximate surface area is 94.6 Å². The molecule has 0 radical (unpaired) electrons. The minimum Gasteiger partial charge on any atom is -0.372 e. The van der Waals surface area contributed by atoms with Gasteiger partial charge in [0.1, 0.15) is 0 Å². The number of ether oxygens (including phenoxy) is 1. The standard InChI is InChI=1S/C12H14ClNO/c1-7-6-14-12-10-3-2-9(13)4-8(10)5-11(12)15-7/h2-4,7,11-12,14H,5-6H2,1H3. The third-order valence-corrected chi connectivity index (χ3v) is 3.50. The van der Waals surface area contributed by atoms with Gasteiger partial charge >= 0.3 is 0 Å². The lowest BCUT2D eigenvalue weighted by atomic mass is 10.1. The molecule has 2 aliphatic rings. The molecule has 1 fully saturated rings. The average molecular weight is 224 g/mol. The zero-order chi connectivity index (χ0) is 10.4. The van der Waals surface area contributed by atoms with Gasteiger partial charge in [0, 0.05) is 18.0 Å². The third-order valence-electron chi connectivity index (χ3n) is 3.27. The second kappa shape index (κ2) is 3.48. The minimum atomic E-state index is 0.294. The van der Waals surface area contributed by atoms with Crippen molar-refractivity contribution in [1.82, 2.24) is 5.32 Å². The molecule has 0 saturated carbocycles. The number of fused-ring (bicyclic) bond motifs is 3. The Balaban J connectivity index is 1.95. The van der Waals surface area contributed by atoms with Gasteiger partial charge < -0.3 is 10.1 Å². The van der Waals surface area contributed by atoms with Crippen LogP contribution < -0.4 is 5.32 Å². The van der Waals surface area contributed by atoms with E-state index in [1.165, 1.54) is 11.1 Å². The first-order valence-electron chi connectivity index (χ1n) is 5.41.